The first-order valence-corrected chi connectivity index (χ1v) is 9.55. The lowest BCUT2D eigenvalue weighted by molar-refractivity contribution is 0.0940. The van der Waals surface area contributed by atoms with E-state index in [-0.39, 0.29) is 30.5 Å². The van der Waals surface area contributed by atoms with Gasteiger partial charge in [-0.05, 0) is 68.0 Å². The van der Waals surface area contributed by atoms with Crippen molar-refractivity contribution in [2.75, 3.05) is 7.11 Å². The minimum atomic E-state index is -0.152. The maximum atomic E-state index is 12.5. The van der Waals surface area contributed by atoms with Crippen LogP contribution >= 0.6 is 12.4 Å². The fraction of sp³-hybridized carbons (Fsp3) is 0.409. The van der Waals surface area contributed by atoms with E-state index in [2.05, 4.69) is 5.32 Å². The van der Waals surface area contributed by atoms with Crippen molar-refractivity contribution in [3.8, 4) is 11.5 Å². The smallest absolute Gasteiger partial charge is 0.251 e. The molecule has 3 rings (SSSR count). The first-order chi connectivity index (χ1) is 13.1. The molecule has 6 heteroatoms. The summed E-state index contributed by atoms with van der Waals surface area (Å²) < 4.78 is 11.6. The summed E-state index contributed by atoms with van der Waals surface area (Å²) in [5, 5.41) is 3.03. The van der Waals surface area contributed by atoms with Crippen LogP contribution in [0.2, 0.25) is 0 Å². The molecule has 1 saturated carbocycles. The average Bonchev–Trinajstić information content (AvgIpc) is 3.21. The minimum absolute atomic E-state index is 0. The Hall–Kier alpha value is -2.24. The molecule has 1 fully saturated rings. The molecule has 3 N–H and O–H groups in total. The third-order valence-electron chi connectivity index (χ3n) is 5.08. The van der Waals surface area contributed by atoms with E-state index in [1.807, 2.05) is 37.3 Å². The minimum Gasteiger partial charge on any atom is -0.493 e. The van der Waals surface area contributed by atoms with Gasteiger partial charge in [0.05, 0.1) is 19.3 Å². The molecule has 1 aliphatic rings. The van der Waals surface area contributed by atoms with Crippen molar-refractivity contribution in [2.45, 2.75) is 51.3 Å². The molecule has 1 aliphatic carbocycles. The average molecular weight is 405 g/mol. The number of rotatable bonds is 7. The summed E-state index contributed by atoms with van der Waals surface area (Å²) in [5.41, 5.74) is 8.19. The van der Waals surface area contributed by atoms with E-state index in [9.17, 15) is 4.79 Å². The number of benzene rings is 2. The molecule has 0 heterocycles. The van der Waals surface area contributed by atoms with E-state index in [4.69, 9.17) is 15.2 Å². The van der Waals surface area contributed by atoms with Crippen LogP contribution in [-0.2, 0) is 6.54 Å². The highest BCUT2D eigenvalue weighted by Crippen LogP contribution is 2.33. The topological polar surface area (TPSA) is 73.6 Å². The molecule has 28 heavy (non-hydrogen) atoms. The number of halogens is 1. The van der Waals surface area contributed by atoms with E-state index in [1.54, 1.807) is 19.2 Å². The van der Waals surface area contributed by atoms with E-state index >= 15 is 0 Å². The number of nitrogens with two attached hydrogens (primary N) is 1. The Morgan fingerprint density at radius 3 is 2.43 bits per heavy atom. The van der Waals surface area contributed by atoms with Gasteiger partial charge in [0.15, 0.2) is 11.5 Å². The van der Waals surface area contributed by atoms with Crippen LogP contribution in [0.25, 0.3) is 0 Å². The van der Waals surface area contributed by atoms with Gasteiger partial charge in [-0.25, -0.2) is 0 Å². The third-order valence-corrected chi connectivity index (χ3v) is 5.08. The summed E-state index contributed by atoms with van der Waals surface area (Å²) in [5.74, 6) is 1.35. The Balaban J connectivity index is 0.00000280. The molecule has 0 saturated heterocycles. The molecule has 0 spiro atoms. The van der Waals surface area contributed by atoms with Crippen LogP contribution in [0.15, 0.2) is 42.5 Å². The summed E-state index contributed by atoms with van der Waals surface area (Å²) in [4.78, 5) is 12.5. The maximum absolute atomic E-state index is 12.5. The van der Waals surface area contributed by atoms with Gasteiger partial charge in [-0.2, -0.15) is 0 Å². The van der Waals surface area contributed by atoms with Gasteiger partial charge in [0.25, 0.3) is 5.91 Å². The zero-order valence-corrected chi connectivity index (χ0v) is 17.3. The molecule has 2 aromatic rings. The molecule has 0 aliphatic heterocycles. The van der Waals surface area contributed by atoms with Gasteiger partial charge >= 0.3 is 0 Å². The number of ether oxygens (including phenoxy) is 2. The van der Waals surface area contributed by atoms with E-state index < -0.39 is 0 Å². The van der Waals surface area contributed by atoms with Gasteiger partial charge in [-0.1, -0.05) is 18.2 Å². The zero-order valence-electron chi connectivity index (χ0n) is 16.4. The van der Waals surface area contributed by atoms with Gasteiger partial charge in [0.1, 0.15) is 0 Å². The summed E-state index contributed by atoms with van der Waals surface area (Å²) in [6.07, 6.45) is 4.92. The van der Waals surface area contributed by atoms with Crippen molar-refractivity contribution in [1.29, 1.82) is 0 Å². The quantitative estimate of drug-likeness (QED) is 0.717. The first kappa shape index (κ1) is 22.1. The van der Waals surface area contributed by atoms with Crippen LogP contribution in [0.5, 0.6) is 11.5 Å². The highest BCUT2D eigenvalue weighted by atomic mass is 35.5. The second-order valence-corrected chi connectivity index (χ2v) is 7.03. The largest absolute Gasteiger partial charge is 0.493 e. The lowest BCUT2D eigenvalue weighted by Gasteiger charge is -2.19. The first-order valence-electron chi connectivity index (χ1n) is 9.55. The van der Waals surface area contributed by atoms with E-state index in [0.717, 1.165) is 29.7 Å². The second-order valence-electron chi connectivity index (χ2n) is 7.03. The fourth-order valence-corrected chi connectivity index (χ4v) is 3.39. The Labute approximate surface area is 173 Å². The van der Waals surface area contributed by atoms with E-state index in [0.29, 0.717) is 17.9 Å². The van der Waals surface area contributed by atoms with Crippen molar-refractivity contribution in [3.05, 3.63) is 59.2 Å². The highest BCUT2D eigenvalue weighted by Gasteiger charge is 2.19. The Morgan fingerprint density at radius 2 is 1.82 bits per heavy atom. The normalized spacial score (nSPS) is 14.8. The SMILES string of the molecule is COc1cc(C(C)NC(=O)c2ccc(CN)cc2)ccc1OC1CCCC1.Cl. The van der Waals surface area contributed by atoms with Gasteiger partial charge in [-0.15, -0.1) is 12.4 Å². The van der Waals surface area contributed by atoms with Crippen molar-refractivity contribution in [3.63, 3.8) is 0 Å². The van der Waals surface area contributed by atoms with Crippen LogP contribution in [0, 0.1) is 0 Å². The van der Waals surface area contributed by atoms with Crippen LogP contribution in [0.3, 0.4) is 0 Å². The Bertz CT molecular complexity index is 774. The Kier molecular flexibility index (Phi) is 8.15. The highest BCUT2D eigenvalue weighted by molar-refractivity contribution is 5.94. The standard InChI is InChI=1S/C22H28N2O3.ClH/c1-15(24-22(25)17-9-7-16(14-23)8-10-17)18-11-12-20(21(13-18)26-2)27-19-5-3-4-6-19;/h7-13,15,19H,3-6,14,23H2,1-2H3,(H,24,25);1H. The second kappa shape index (κ2) is 10.3. The van der Waals surface area contributed by atoms with Crippen molar-refractivity contribution >= 4 is 18.3 Å². The molecule has 152 valence electrons. The Morgan fingerprint density at radius 1 is 1.14 bits per heavy atom. The molecule has 0 bridgehead atoms. The van der Waals surface area contributed by atoms with Crippen molar-refractivity contribution in [1.82, 2.24) is 5.32 Å². The molecule has 0 aromatic heterocycles. The molecule has 5 nitrogen and oxygen atoms in total. The molecule has 2 aromatic carbocycles. The third kappa shape index (κ3) is 5.40. The lowest BCUT2D eigenvalue weighted by Crippen LogP contribution is -2.26. The van der Waals surface area contributed by atoms with Gasteiger partial charge < -0.3 is 20.5 Å². The predicted octanol–water partition coefficient (Wildman–Crippen LogP) is 4.39. The summed E-state index contributed by atoms with van der Waals surface area (Å²) in [6.45, 7) is 2.42. The monoisotopic (exact) mass is 404 g/mol. The molecular weight excluding hydrogens is 376 g/mol. The number of methoxy groups -OCH3 is 1. The van der Waals surface area contributed by atoms with Gasteiger partial charge in [0, 0.05) is 12.1 Å². The van der Waals surface area contributed by atoms with Gasteiger partial charge in [-0.3, -0.25) is 4.79 Å². The number of carbonyl (C=O) groups excluding carboxylic acids is 1. The number of carbonyl (C=O) groups is 1. The van der Waals surface area contributed by atoms with Crippen LogP contribution in [0.4, 0.5) is 0 Å². The molecule has 1 atom stereocenters. The molecule has 1 amide bonds. The zero-order chi connectivity index (χ0) is 19.2. The van der Waals surface area contributed by atoms with Gasteiger partial charge in [0.2, 0.25) is 0 Å². The summed E-state index contributed by atoms with van der Waals surface area (Å²) >= 11 is 0. The van der Waals surface area contributed by atoms with Crippen molar-refractivity contribution in [2.24, 2.45) is 5.73 Å². The maximum Gasteiger partial charge on any atom is 0.251 e. The summed E-state index contributed by atoms with van der Waals surface area (Å²) in [6, 6.07) is 13.0. The van der Waals surface area contributed by atoms with Crippen LogP contribution < -0.4 is 20.5 Å². The number of hydrogen-bond donors (Lipinski definition) is 2. The number of nitrogens with one attached hydrogen (secondary N) is 1. The number of amides is 1. The number of hydrogen-bond acceptors (Lipinski definition) is 4. The molecule has 0 radical (unpaired) electrons. The van der Waals surface area contributed by atoms with Crippen LogP contribution in [-0.4, -0.2) is 19.1 Å². The fourth-order valence-electron chi connectivity index (χ4n) is 3.39. The molecule has 1 unspecified atom stereocenters. The molecular formula is C22H29ClN2O3. The lowest BCUT2D eigenvalue weighted by atomic mass is 10.1. The van der Waals surface area contributed by atoms with Crippen molar-refractivity contribution < 1.29 is 14.3 Å². The predicted molar refractivity (Wildman–Crippen MR) is 113 cm³/mol. The van der Waals surface area contributed by atoms with Crippen LogP contribution in [0.1, 0.15) is 60.1 Å². The summed E-state index contributed by atoms with van der Waals surface area (Å²) in [7, 11) is 1.64. The van der Waals surface area contributed by atoms with E-state index in [1.165, 1.54) is 12.8 Å².